The lowest BCUT2D eigenvalue weighted by Gasteiger charge is -2.10. The van der Waals surface area contributed by atoms with Gasteiger partial charge in [0.1, 0.15) is 5.75 Å². The summed E-state index contributed by atoms with van der Waals surface area (Å²) < 4.78 is 9.88. The SMILES string of the molecule is COC(=O)c1cc(OC)c2cccnc2c1N. The average molecular weight is 232 g/mol. The van der Waals surface area contributed by atoms with E-state index >= 15 is 0 Å². The Morgan fingerprint density at radius 3 is 2.82 bits per heavy atom. The molecule has 1 aromatic carbocycles. The van der Waals surface area contributed by atoms with Crippen molar-refractivity contribution in [2.75, 3.05) is 20.0 Å². The van der Waals surface area contributed by atoms with Gasteiger partial charge in [-0.15, -0.1) is 0 Å². The van der Waals surface area contributed by atoms with Crippen LogP contribution >= 0.6 is 0 Å². The summed E-state index contributed by atoms with van der Waals surface area (Å²) in [7, 11) is 2.83. The number of esters is 1. The zero-order chi connectivity index (χ0) is 12.4. The molecule has 0 bridgehead atoms. The second kappa shape index (κ2) is 4.29. The molecule has 5 nitrogen and oxygen atoms in total. The van der Waals surface area contributed by atoms with Crippen LogP contribution in [0, 0.1) is 0 Å². The number of fused-ring (bicyclic) bond motifs is 1. The highest BCUT2D eigenvalue weighted by Gasteiger charge is 2.16. The predicted molar refractivity (Wildman–Crippen MR) is 64.0 cm³/mol. The average Bonchev–Trinajstić information content (AvgIpc) is 2.39. The highest BCUT2D eigenvalue weighted by Crippen LogP contribution is 2.31. The van der Waals surface area contributed by atoms with E-state index in [0.29, 0.717) is 17.0 Å². The molecular formula is C12H12N2O3. The van der Waals surface area contributed by atoms with E-state index in [-0.39, 0.29) is 5.56 Å². The maximum absolute atomic E-state index is 11.6. The molecule has 0 unspecified atom stereocenters. The van der Waals surface area contributed by atoms with Crippen LogP contribution in [0.5, 0.6) is 5.75 Å². The van der Waals surface area contributed by atoms with E-state index in [2.05, 4.69) is 9.72 Å². The van der Waals surface area contributed by atoms with Crippen LogP contribution in [-0.2, 0) is 4.74 Å². The van der Waals surface area contributed by atoms with Crippen LogP contribution in [0.15, 0.2) is 24.4 Å². The Bertz CT molecular complexity index is 581. The van der Waals surface area contributed by atoms with Crippen LogP contribution in [0.3, 0.4) is 0 Å². The molecule has 0 aliphatic carbocycles. The van der Waals surface area contributed by atoms with Crippen molar-refractivity contribution >= 4 is 22.6 Å². The third-order valence-electron chi connectivity index (χ3n) is 2.52. The first-order valence-electron chi connectivity index (χ1n) is 4.98. The lowest BCUT2D eigenvalue weighted by atomic mass is 10.1. The second-order valence-corrected chi connectivity index (χ2v) is 3.43. The third kappa shape index (κ3) is 1.75. The largest absolute Gasteiger partial charge is 0.496 e. The zero-order valence-corrected chi connectivity index (χ0v) is 9.56. The van der Waals surface area contributed by atoms with Crippen LogP contribution in [0.25, 0.3) is 10.9 Å². The number of benzene rings is 1. The molecule has 0 amide bonds. The molecule has 0 saturated carbocycles. The number of aromatic nitrogens is 1. The van der Waals surface area contributed by atoms with Gasteiger partial charge in [-0.05, 0) is 18.2 Å². The molecule has 0 atom stereocenters. The van der Waals surface area contributed by atoms with Gasteiger partial charge in [0.25, 0.3) is 0 Å². The highest BCUT2D eigenvalue weighted by molar-refractivity contribution is 6.06. The molecule has 0 aliphatic rings. The number of hydrogen-bond acceptors (Lipinski definition) is 5. The molecule has 88 valence electrons. The zero-order valence-electron chi connectivity index (χ0n) is 9.56. The maximum atomic E-state index is 11.6. The van der Waals surface area contributed by atoms with Crippen molar-refractivity contribution in [3.63, 3.8) is 0 Å². The van der Waals surface area contributed by atoms with Crippen LogP contribution in [0.4, 0.5) is 5.69 Å². The van der Waals surface area contributed by atoms with Crippen molar-refractivity contribution < 1.29 is 14.3 Å². The summed E-state index contributed by atoms with van der Waals surface area (Å²) in [5.74, 6) is 0.0380. The van der Waals surface area contributed by atoms with E-state index in [1.807, 2.05) is 6.07 Å². The standard InChI is InChI=1S/C12H12N2O3/c1-16-9-6-8(12(15)17-2)10(13)11-7(9)4-3-5-14-11/h3-6H,13H2,1-2H3. The fourth-order valence-corrected chi connectivity index (χ4v) is 1.68. The molecule has 2 rings (SSSR count). The van der Waals surface area contributed by atoms with E-state index in [1.54, 1.807) is 18.3 Å². The Hall–Kier alpha value is -2.30. The van der Waals surface area contributed by atoms with Gasteiger partial charge >= 0.3 is 5.97 Å². The number of carbonyl (C=O) groups excluding carboxylic acids is 1. The minimum atomic E-state index is -0.506. The van der Waals surface area contributed by atoms with Gasteiger partial charge in [-0.2, -0.15) is 0 Å². The molecule has 0 fully saturated rings. The van der Waals surface area contributed by atoms with Crippen molar-refractivity contribution in [3.8, 4) is 5.75 Å². The van der Waals surface area contributed by atoms with Gasteiger partial charge in [-0.1, -0.05) is 0 Å². The highest BCUT2D eigenvalue weighted by atomic mass is 16.5. The molecule has 0 aliphatic heterocycles. The lowest BCUT2D eigenvalue weighted by Crippen LogP contribution is -2.07. The fourth-order valence-electron chi connectivity index (χ4n) is 1.68. The number of carbonyl (C=O) groups is 1. The summed E-state index contributed by atoms with van der Waals surface area (Å²) in [6.45, 7) is 0. The number of ether oxygens (including phenoxy) is 2. The monoisotopic (exact) mass is 232 g/mol. The maximum Gasteiger partial charge on any atom is 0.340 e. The van der Waals surface area contributed by atoms with Gasteiger partial charge in [0.05, 0.1) is 31.0 Å². The number of nitrogens with two attached hydrogens (primary N) is 1. The van der Waals surface area contributed by atoms with Crippen molar-refractivity contribution in [2.45, 2.75) is 0 Å². The van der Waals surface area contributed by atoms with E-state index in [1.165, 1.54) is 14.2 Å². The number of hydrogen-bond donors (Lipinski definition) is 1. The molecule has 1 aromatic heterocycles. The summed E-state index contributed by atoms with van der Waals surface area (Å²) in [6.07, 6.45) is 1.61. The van der Waals surface area contributed by atoms with E-state index in [9.17, 15) is 4.79 Å². The summed E-state index contributed by atoms with van der Waals surface area (Å²) in [6, 6.07) is 5.17. The molecule has 2 aromatic rings. The summed E-state index contributed by atoms with van der Waals surface area (Å²) in [5, 5.41) is 0.764. The molecule has 0 saturated heterocycles. The third-order valence-corrected chi connectivity index (χ3v) is 2.52. The molecule has 2 N–H and O–H groups in total. The Balaban J connectivity index is 2.80. The quantitative estimate of drug-likeness (QED) is 0.629. The molecule has 1 heterocycles. The van der Waals surface area contributed by atoms with Crippen LogP contribution in [0.1, 0.15) is 10.4 Å². The number of nitrogens with zero attached hydrogens (tertiary/aromatic N) is 1. The molecule has 17 heavy (non-hydrogen) atoms. The smallest absolute Gasteiger partial charge is 0.340 e. The van der Waals surface area contributed by atoms with Crippen molar-refractivity contribution in [1.29, 1.82) is 0 Å². The second-order valence-electron chi connectivity index (χ2n) is 3.43. The van der Waals surface area contributed by atoms with Crippen molar-refractivity contribution in [2.24, 2.45) is 0 Å². The predicted octanol–water partition coefficient (Wildman–Crippen LogP) is 1.61. The van der Waals surface area contributed by atoms with Crippen molar-refractivity contribution in [1.82, 2.24) is 4.98 Å². The summed E-state index contributed by atoms with van der Waals surface area (Å²) >= 11 is 0. The van der Waals surface area contributed by atoms with E-state index in [0.717, 1.165) is 5.39 Å². The molecule has 0 radical (unpaired) electrons. The topological polar surface area (TPSA) is 74.4 Å². The lowest BCUT2D eigenvalue weighted by molar-refractivity contribution is 0.0601. The Morgan fingerprint density at radius 1 is 1.41 bits per heavy atom. The van der Waals surface area contributed by atoms with Gasteiger partial charge in [0.15, 0.2) is 0 Å². The van der Waals surface area contributed by atoms with E-state index in [4.69, 9.17) is 10.5 Å². The number of methoxy groups -OCH3 is 2. The fraction of sp³-hybridized carbons (Fsp3) is 0.167. The minimum absolute atomic E-state index is 0.260. The van der Waals surface area contributed by atoms with Gasteiger partial charge in [-0.25, -0.2) is 4.79 Å². The van der Waals surface area contributed by atoms with Crippen LogP contribution < -0.4 is 10.5 Å². The number of rotatable bonds is 2. The molecular weight excluding hydrogens is 220 g/mol. The Kier molecular flexibility index (Phi) is 2.82. The first-order chi connectivity index (χ1) is 8.19. The Morgan fingerprint density at radius 2 is 2.18 bits per heavy atom. The number of nitrogen functional groups attached to an aromatic ring is 1. The first kappa shape index (κ1) is 11.2. The minimum Gasteiger partial charge on any atom is -0.496 e. The summed E-state index contributed by atoms with van der Waals surface area (Å²) in [4.78, 5) is 15.7. The molecule has 5 heteroatoms. The van der Waals surface area contributed by atoms with Gasteiger partial charge < -0.3 is 15.2 Å². The summed E-state index contributed by atoms with van der Waals surface area (Å²) in [5.41, 5.74) is 6.99. The normalized spacial score (nSPS) is 10.2. The number of pyridine rings is 1. The van der Waals surface area contributed by atoms with Gasteiger partial charge in [0.2, 0.25) is 0 Å². The Labute approximate surface area is 98.2 Å². The van der Waals surface area contributed by atoms with Crippen LogP contribution in [-0.4, -0.2) is 25.2 Å². The van der Waals surface area contributed by atoms with E-state index < -0.39 is 5.97 Å². The van der Waals surface area contributed by atoms with Crippen LogP contribution in [0.2, 0.25) is 0 Å². The first-order valence-corrected chi connectivity index (χ1v) is 4.98. The molecule has 0 spiro atoms. The van der Waals surface area contributed by atoms with Gasteiger partial charge in [0, 0.05) is 11.6 Å². The van der Waals surface area contributed by atoms with Crippen molar-refractivity contribution in [3.05, 3.63) is 30.0 Å². The number of anilines is 1. The van der Waals surface area contributed by atoms with Gasteiger partial charge in [-0.3, -0.25) is 4.98 Å².